The van der Waals surface area contributed by atoms with Crippen molar-refractivity contribution >= 4 is 5.97 Å². The van der Waals surface area contributed by atoms with Gasteiger partial charge >= 0.3 is 5.97 Å². The summed E-state index contributed by atoms with van der Waals surface area (Å²) in [5.74, 6) is 0.860. The molecule has 138 valence electrons. The lowest BCUT2D eigenvalue weighted by Gasteiger charge is -2.39. The van der Waals surface area contributed by atoms with E-state index in [0.717, 1.165) is 44.6 Å². The van der Waals surface area contributed by atoms with Crippen molar-refractivity contribution in [1.82, 2.24) is 19.9 Å². The Morgan fingerprint density at radius 2 is 1.81 bits per heavy atom. The Kier molecular flexibility index (Phi) is 4.74. The van der Waals surface area contributed by atoms with E-state index in [1.165, 1.54) is 0 Å². The molecular weight excluding hydrogens is 332 g/mol. The van der Waals surface area contributed by atoms with Gasteiger partial charge in [0.05, 0.1) is 6.04 Å². The smallest absolute Gasteiger partial charge is 0.321 e. The minimum atomic E-state index is -0.682. The van der Waals surface area contributed by atoms with E-state index in [-0.39, 0.29) is 12.1 Å². The van der Waals surface area contributed by atoms with Gasteiger partial charge in [-0.3, -0.25) is 14.6 Å². The maximum Gasteiger partial charge on any atom is 0.321 e. The normalized spacial score (nSPS) is 21.4. The standard InChI is InChI=1S/C19H24N4O3/c1-13(18-20-17(21-26-18)15-5-3-2-4-6-15)22-9-11-23(12-10-22)16(19(24)25)14-7-8-14/h2-6,13-14,16H,7-12H2,1H3,(H,24,25). The highest BCUT2D eigenvalue weighted by atomic mass is 16.5. The van der Waals surface area contributed by atoms with E-state index in [0.29, 0.717) is 17.6 Å². The molecule has 2 heterocycles. The highest BCUT2D eigenvalue weighted by molar-refractivity contribution is 5.74. The van der Waals surface area contributed by atoms with Crippen molar-refractivity contribution < 1.29 is 14.4 Å². The van der Waals surface area contributed by atoms with Crippen LogP contribution in [0.3, 0.4) is 0 Å². The number of hydrogen-bond donors (Lipinski definition) is 1. The van der Waals surface area contributed by atoms with Crippen molar-refractivity contribution in [2.24, 2.45) is 5.92 Å². The number of nitrogens with zero attached hydrogens (tertiary/aromatic N) is 4. The molecule has 7 nitrogen and oxygen atoms in total. The molecule has 2 aromatic rings. The monoisotopic (exact) mass is 356 g/mol. The average molecular weight is 356 g/mol. The molecule has 7 heteroatoms. The van der Waals surface area contributed by atoms with Gasteiger partial charge in [-0.1, -0.05) is 35.5 Å². The third-order valence-corrected chi connectivity index (χ3v) is 5.44. The Hall–Kier alpha value is -2.25. The van der Waals surface area contributed by atoms with Crippen molar-refractivity contribution in [1.29, 1.82) is 0 Å². The lowest BCUT2D eigenvalue weighted by atomic mass is 10.1. The first-order valence-corrected chi connectivity index (χ1v) is 9.23. The van der Waals surface area contributed by atoms with E-state index in [2.05, 4.69) is 26.9 Å². The summed E-state index contributed by atoms with van der Waals surface area (Å²) in [7, 11) is 0. The van der Waals surface area contributed by atoms with Gasteiger partial charge in [-0.2, -0.15) is 4.98 Å². The van der Waals surface area contributed by atoms with Gasteiger partial charge in [-0.05, 0) is 25.7 Å². The number of benzene rings is 1. The second-order valence-electron chi connectivity index (χ2n) is 7.19. The zero-order chi connectivity index (χ0) is 18.1. The predicted octanol–water partition coefficient (Wildman–Crippen LogP) is 2.28. The van der Waals surface area contributed by atoms with Gasteiger partial charge in [-0.25, -0.2) is 0 Å². The Labute approximate surface area is 152 Å². The van der Waals surface area contributed by atoms with Crippen LogP contribution >= 0.6 is 0 Å². The zero-order valence-corrected chi connectivity index (χ0v) is 14.9. The van der Waals surface area contributed by atoms with Gasteiger partial charge < -0.3 is 9.63 Å². The maximum absolute atomic E-state index is 11.6. The van der Waals surface area contributed by atoms with Crippen LogP contribution in [-0.2, 0) is 4.79 Å². The van der Waals surface area contributed by atoms with Crippen molar-refractivity contribution in [3.63, 3.8) is 0 Å². The molecule has 2 atom stereocenters. The summed E-state index contributed by atoms with van der Waals surface area (Å²) in [6.07, 6.45) is 2.08. The number of piperazine rings is 1. The lowest BCUT2D eigenvalue weighted by Crippen LogP contribution is -2.53. The molecule has 26 heavy (non-hydrogen) atoms. The molecule has 1 aromatic heterocycles. The Morgan fingerprint density at radius 1 is 1.15 bits per heavy atom. The number of aliphatic carboxylic acids is 1. The van der Waals surface area contributed by atoms with Gasteiger partial charge in [0.25, 0.3) is 0 Å². The van der Waals surface area contributed by atoms with E-state index in [1.807, 2.05) is 30.3 Å². The molecule has 2 aliphatic rings. The first kappa shape index (κ1) is 17.2. The van der Waals surface area contributed by atoms with Crippen molar-refractivity contribution in [2.45, 2.75) is 31.8 Å². The summed E-state index contributed by atoms with van der Waals surface area (Å²) >= 11 is 0. The van der Waals surface area contributed by atoms with Crippen LogP contribution < -0.4 is 0 Å². The summed E-state index contributed by atoms with van der Waals surface area (Å²) in [6, 6.07) is 9.48. The first-order valence-electron chi connectivity index (χ1n) is 9.23. The van der Waals surface area contributed by atoms with E-state index >= 15 is 0 Å². The molecule has 1 aliphatic carbocycles. The van der Waals surface area contributed by atoms with Gasteiger partial charge in [0.2, 0.25) is 11.7 Å². The number of carboxylic acids is 1. The fourth-order valence-corrected chi connectivity index (χ4v) is 3.74. The number of carbonyl (C=O) groups is 1. The van der Waals surface area contributed by atoms with Crippen LogP contribution in [0.5, 0.6) is 0 Å². The van der Waals surface area contributed by atoms with Crippen LogP contribution in [0.4, 0.5) is 0 Å². The van der Waals surface area contributed by atoms with E-state index in [1.54, 1.807) is 0 Å². The second-order valence-corrected chi connectivity index (χ2v) is 7.19. The summed E-state index contributed by atoms with van der Waals surface area (Å²) in [6.45, 7) is 5.20. The molecule has 0 spiro atoms. The number of hydrogen-bond acceptors (Lipinski definition) is 6. The predicted molar refractivity (Wildman–Crippen MR) is 95.4 cm³/mol. The second kappa shape index (κ2) is 7.17. The quantitative estimate of drug-likeness (QED) is 0.850. The first-order chi connectivity index (χ1) is 12.6. The summed E-state index contributed by atoms with van der Waals surface area (Å²) in [4.78, 5) is 20.5. The zero-order valence-electron chi connectivity index (χ0n) is 14.9. The van der Waals surface area contributed by atoms with Crippen LogP contribution in [-0.4, -0.2) is 63.2 Å². The van der Waals surface area contributed by atoms with Crippen molar-refractivity contribution in [3.8, 4) is 11.4 Å². The molecule has 1 saturated carbocycles. The van der Waals surface area contributed by atoms with Crippen LogP contribution in [0.15, 0.2) is 34.9 Å². The molecular formula is C19H24N4O3. The Balaban J connectivity index is 1.38. The summed E-state index contributed by atoms with van der Waals surface area (Å²) in [5.41, 5.74) is 0.938. The van der Waals surface area contributed by atoms with Crippen LogP contribution in [0.1, 0.15) is 31.7 Å². The third-order valence-electron chi connectivity index (χ3n) is 5.44. The average Bonchev–Trinajstić information content (AvgIpc) is 3.36. The van der Waals surface area contributed by atoms with Gasteiger partial charge in [0.1, 0.15) is 6.04 Å². The lowest BCUT2D eigenvalue weighted by molar-refractivity contribution is -0.145. The maximum atomic E-state index is 11.6. The number of rotatable bonds is 6. The summed E-state index contributed by atoms with van der Waals surface area (Å²) in [5, 5.41) is 13.6. The summed E-state index contributed by atoms with van der Waals surface area (Å²) < 4.78 is 5.48. The molecule has 4 rings (SSSR count). The largest absolute Gasteiger partial charge is 0.480 e. The molecule has 1 aromatic carbocycles. The topological polar surface area (TPSA) is 82.7 Å². The highest BCUT2D eigenvalue weighted by Gasteiger charge is 2.41. The third kappa shape index (κ3) is 3.50. The van der Waals surface area contributed by atoms with Crippen molar-refractivity contribution in [2.75, 3.05) is 26.2 Å². The van der Waals surface area contributed by atoms with Crippen LogP contribution in [0.25, 0.3) is 11.4 Å². The van der Waals surface area contributed by atoms with Crippen molar-refractivity contribution in [3.05, 3.63) is 36.2 Å². The van der Waals surface area contributed by atoms with Gasteiger partial charge in [0.15, 0.2) is 0 Å². The molecule has 0 bridgehead atoms. The SMILES string of the molecule is CC(c1nc(-c2ccccc2)no1)N1CCN(C(C(=O)O)C2CC2)CC1. The minimum absolute atomic E-state index is 0.0197. The Bertz CT molecular complexity index is 751. The van der Waals surface area contributed by atoms with E-state index in [9.17, 15) is 9.90 Å². The van der Waals surface area contributed by atoms with Crippen LogP contribution in [0.2, 0.25) is 0 Å². The highest BCUT2D eigenvalue weighted by Crippen LogP contribution is 2.36. The number of carboxylic acid groups (broad SMARTS) is 1. The molecule has 1 N–H and O–H groups in total. The molecule has 1 aliphatic heterocycles. The molecule has 0 radical (unpaired) electrons. The fraction of sp³-hybridized carbons (Fsp3) is 0.526. The molecule has 2 unspecified atom stereocenters. The van der Waals surface area contributed by atoms with Crippen LogP contribution in [0, 0.1) is 5.92 Å². The van der Waals surface area contributed by atoms with Gasteiger partial charge in [0, 0.05) is 31.7 Å². The molecule has 2 fully saturated rings. The van der Waals surface area contributed by atoms with E-state index < -0.39 is 5.97 Å². The fourth-order valence-electron chi connectivity index (χ4n) is 3.74. The van der Waals surface area contributed by atoms with Gasteiger partial charge in [-0.15, -0.1) is 0 Å². The Morgan fingerprint density at radius 3 is 2.42 bits per heavy atom. The number of aromatic nitrogens is 2. The minimum Gasteiger partial charge on any atom is -0.480 e. The molecule has 1 saturated heterocycles. The van der Waals surface area contributed by atoms with E-state index in [4.69, 9.17) is 4.52 Å². The molecule has 0 amide bonds.